The lowest BCUT2D eigenvalue weighted by atomic mass is 9.75. The molecule has 2 aromatic heterocycles. The lowest BCUT2D eigenvalue weighted by Gasteiger charge is -2.47. The number of ether oxygens (including phenoxy) is 3. The van der Waals surface area contributed by atoms with E-state index in [2.05, 4.69) is 39.3 Å². The minimum atomic E-state index is -0.677. The zero-order chi connectivity index (χ0) is 31.1. The number of halogens is 2. The number of aromatic nitrogens is 3. The summed E-state index contributed by atoms with van der Waals surface area (Å²) in [6, 6.07) is 6.51. The van der Waals surface area contributed by atoms with Gasteiger partial charge in [0.2, 0.25) is 0 Å². The average Bonchev–Trinajstić information content (AvgIpc) is 3.79. The lowest BCUT2D eigenvalue weighted by molar-refractivity contribution is 0.0512. The van der Waals surface area contributed by atoms with Crippen LogP contribution < -0.4 is 14.8 Å². The summed E-state index contributed by atoms with van der Waals surface area (Å²) in [6.45, 7) is 2.70. The quantitative estimate of drug-likeness (QED) is 0.185. The van der Waals surface area contributed by atoms with Crippen molar-refractivity contribution in [1.29, 1.82) is 0 Å². The Balaban J connectivity index is 1.49. The van der Waals surface area contributed by atoms with Gasteiger partial charge in [-0.05, 0) is 87.2 Å². The van der Waals surface area contributed by atoms with E-state index >= 15 is 8.78 Å². The molecule has 2 aliphatic rings. The molecule has 2 aliphatic carbocycles. The van der Waals surface area contributed by atoms with Crippen molar-refractivity contribution >= 4 is 27.5 Å². The first-order valence-electron chi connectivity index (χ1n) is 15.1. The van der Waals surface area contributed by atoms with Gasteiger partial charge in [-0.25, -0.2) is 8.78 Å². The van der Waals surface area contributed by atoms with Crippen LogP contribution in [0, 0.1) is 17.0 Å². The first-order valence-corrected chi connectivity index (χ1v) is 15.1. The maximum absolute atomic E-state index is 16.8. The van der Waals surface area contributed by atoms with Crippen molar-refractivity contribution in [2.75, 3.05) is 53.1 Å². The van der Waals surface area contributed by atoms with Crippen molar-refractivity contribution in [1.82, 2.24) is 19.9 Å². The number of aryl methyl sites for hydroxylation is 1. The number of anilines is 1. The largest absolute Gasteiger partial charge is 0.468 e. The number of hydrogen-bond acceptors (Lipinski definition) is 9. The van der Waals surface area contributed by atoms with Crippen LogP contribution >= 0.6 is 0 Å². The van der Waals surface area contributed by atoms with Gasteiger partial charge in [0.15, 0.2) is 12.6 Å². The van der Waals surface area contributed by atoms with Crippen molar-refractivity contribution < 1.29 is 28.1 Å². The van der Waals surface area contributed by atoms with E-state index in [0.717, 1.165) is 32.1 Å². The highest BCUT2D eigenvalue weighted by atomic mass is 19.1. The van der Waals surface area contributed by atoms with E-state index in [1.54, 1.807) is 24.4 Å². The minimum Gasteiger partial charge on any atom is -0.468 e. The second-order valence-corrected chi connectivity index (χ2v) is 12.3. The summed E-state index contributed by atoms with van der Waals surface area (Å²) in [4.78, 5) is 15.9. The van der Waals surface area contributed by atoms with E-state index in [0.29, 0.717) is 51.8 Å². The van der Waals surface area contributed by atoms with Crippen molar-refractivity contribution in [3.05, 3.63) is 47.7 Å². The highest BCUT2D eigenvalue weighted by molar-refractivity contribution is 6.01. The number of likely N-dealkylation sites (N-methyl/N-ethyl adjacent to an activating group) is 1. The molecular weight excluding hydrogens is 568 g/mol. The van der Waals surface area contributed by atoms with Crippen molar-refractivity contribution in [2.24, 2.45) is 5.41 Å². The van der Waals surface area contributed by atoms with Gasteiger partial charge in [0.05, 0.1) is 18.6 Å². The minimum absolute atomic E-state index is 0.00432. The zero-order valence-corrected chi connectivity index (χ0v) is 25.7. The molecule has 0 spiro atoms. The molecular formula is C33H39F2N5O4. The second kappa shape index (κ2) is 12.0. The topological polar surface area (TPSA) is 102 Å². The highest BCUT2D eigenvalue weighted by Gasteiger charge is 2.43. The predicted molar refractivity (Wildman–Crippen MR) is 165 cm³/mol. The molecule has 0 atom stereocenters. The third kappa shape index (κ3) is 5.52. The molecule has 0 unspecified atom stereocenters. The Hall–Kier alpha value is -3.67. The lowest BCUT2D eigenvalue weighted by Crippen LogP contribution is -2.54. The van der Waals surface area contributed by atoms with E-state index in [1.807, 2.05) is 6.92 Å². The average molecular weight is 608 g/mol. The van der Waals surface area contributed by atoms with Crippen molar-refractivity contribution in [2.45, 2.75) is 51.0 Å². The van der Waals surface area contributed by atoms with Gasteiger partial charge in [0.1, 0.15) is 28.6 Å². The van der Waals surface area contributed by atoms with Gasteiger partial charge in [0.25, 0.3) is 0 Å². The predicted octanol–water partition coefficient (Wildman–Crippen LogP) is 5.72. The maximum Gasteiger partial charge on any atom is 0.319 e. The fourth-order valence-corrected chi connectivity index (χ4v) is 6.01. The number of methoxy groups -OCH3 is 1. The van der Waals surface area contributed by atoms with Crippen LogP contribution in [0.15, 0.2) is 30.5 Å². The number of aliphatic hydroxyl groups is 1. The van der Waals surface area contributed by atoms with Crippen LogP contribution in [-0.2, 0) is 11.2 Å². The molecule has 6 rings (SSSR count). The molecule has 2 fully saturated rings. The summed E-state index contributed by atoms with van der Waals surface area (Å²) in [5.74, 6) is -0.191. The number of aliphatic hydroxyl groups excluding tert-OH is 1. The van der Waals surface area contributed by atoms with E-state index in [9.17, 15) is 5.11 Å². The molecule has 0 saturated heterocycles. The monoisotopic (exact) mass is 607 g/mol. The van der Waals surface area contributed by atoms with Gasteiger partial charge in [-0.15, -0.1) is 0 Å². The fourth-order valence-electron chi connectivity index (χ4n) is 6.01. The Labute approximate surface area is 255 Å². The van der Waals surface area contributed by atoms with Gasteiger partial charge in [-0.3, -0.25) is 4.98 Å². The summed E-state index contributed by atoms with van der Waals surface area (Å²) in [7, 11) is 5.64. The Kier molecular flexibility index (Phi) is 8.29. The van der Waals surface area contributed by atoms with Gasteiger partial charge in [0, 0.05) is 36.4 Å². The van der Waals surface area contributed by atoms with E-state index in [1.165, 1.54) is 13.2 Å². The Morgan fingerprint density at radius 3 is 2.50 bits per heavy atom. The molecule has 0 bridgehead atoms. The fraction of sp³-hybridized carbons (Fsp3) is 0.485. The number of nitrogens with zero attached hydrogens (tertiary/aromatic N) is 4. The van der Waals surface area contributed by atoms with Gasteiger partial charge in [-0.1, -0.05) is 13.0 Å². The van der Waals surface area contributed by atoms with Crippen molar-refractivity contribution in [3.8, 4) is 23.0 Å². The summed E-state index contributed by atoms with van der Waals surface area (Å²) in [5, 5.41) is 14.9. The molecule has 2 aromatic carbocycles. The summed E-state index contributed by atoms with van der Waals surface area (Å²) >= 11 is 0. The smallest absolute Gasteiger partial charge is 0.319 e. The molecule has 0 aliphatic heterocycles. The number of fused-ring (bicyclic) bond motifs is 2. The molecule has 234 valence electrons. The van der Waals surface area contributed by atoms with Crippen LogP contribution in [0.4, 0.5) is 14.6 Å². The number of rotatable bonds is 13. The molecule has 44 heavy (non-hydrogen) atoms. The first kappa shape index (κ1) is 30.4. The van der Waals surface area contributed by atoms with Gasteiger partial charge in [-0.2, -0.15) is 9.97 Å². The molecule has 2 N–H and O–H groups in total. The SMILES string of the molecule is CCc1c(F)ccc2cc(OCOC)cc(-c3ncc4c(NCC5(N(C)C)CCC5)nc(OCC5(CO)CC5)nc4c3F)c12. The van der Waals surface area contributed by atoms with Crippen LogP contribution in [0.2, 0.25) is 0 Å². The van der Waals surface area contributed by atoms with E-state index in [-0.39, 0.29) is 54.0 Å². The van der Waals surface area contributed by atoms with Crippen LogP contribution in [0.3, 0.4) is 0 Å². The number of hydrogen-bond donors (Lipinski definition) is 2. The van der Waals surface area contributed by atoms with Crippen molar-refractivity contribution in [3.63, 3.8) is 0 Å². The van der Waals surface area contributed by atoms with Gasteiger partial charge < -0.3 is 29.5 Å². The summed E-state index contributed by atoms with van der Waals surface area (Å²) in [5.41, 5.74) is 0.560. The van der Waals surface area contributed by atoms with E-state index < -0.39 is 5.82 Å². The molecule has 9 nitrogen and oxygen atoms in total. The molecule has 0 amide bonds. The number of pyridine rings is 1. The Morgan fingerprint density at radius 2 is 1.86 bits per heavy atom. The number of nitrogens with one attached hydrogen (secondary N) is 1. The third-order valence-electron chi connectivity index (χ3n) is 9.38. The normalized spacial score (nSPS) is 16.7. The van der Waals surface area contributed by atoms with Crippen LogP contribution in [0.5, 0.6) is 11.8 Å². The zero-order valence-electron chi connectivity index (χ0n) is 25.7. The highest BCUT2D eigenvalue weighted by Crippen LogP contribution is 2.45. The number of benzene rings is 2. The van der Waals surface area contributed by atoms with Crippen LogP contribution in [-0.4, -0.2) is 78.3 Å². The molecule has 0 radical (unpaired) electrons. The molecule has 2 saturated carbocycles. The second-order valence-electron chi connectivity index (χ2n) is 12.3. The Bertz CT molecular complexity index is 1690. The molecule has 2 heterocycles. The summed E-state index contributed by atoms with van der Waals surface area (Å²) in [6.07, 6.45) is 6.88. The molecule has 4 aromatic rings. The van der Waals surface area contributed by atoms with Crippen LogP contribution in [0.1, 0.15) is 44.6 Å². The first-order chi connectivity index (χ1) is 21.2. The third-order valence-corrected chi connectivity index (χ3v) is 9.38. The standard InChI is InChI=1S/C33H39F2N5O4/c1-5-22-25(34)8-7-20-13-21(44-19-42-4)14-23(26(20)22)28-27(35)29-24(15-36-28)30(37-16-33(40(2)3)9-6-10-33)39-31(38-29)43-18-32(17-41)11-12-32/h7-8,13-15,41H,5-6,9-12,16-19H2,1-4H3,(H,37,38,39). The maximum atomic E-state index is 16.8. The molecule has 11 heteroatoms. The Morgan fingerprint density at radius 1 is 1.07 bits per heavy atom. The van der Waals surface area contributed by atoms with E-state index in [4.69, 9.17) is 14.2 Å². The summed E-state index contributed by atoms with van der Waals surface area (Å²) < 4.78 is 48.6. The van der Waals surface area contributed by atoms with Gasteiger partial charge >= 0.3 is 6.01 Å². The van der Waals surface area contributed by atoms with Crippen LogP contribution in [0.25, 0.3) is 32.9 Å².